The van der Waals surface area contributed by atoms with Gasteiger partial charge in [-0.1, -0.05) is 0 Å². The number of piperidine rings is 1. The van der Waals surface area contributed by atoms with Crippen LogP contribution in [0.2, 0.25) is 0 Å². The first-order chi connectivity index (χ1) is 8.27. The van der Waals surface area contributed by atoms with Crippen molar-refractivity contribution < 1.29 is 18.0 Å². The molecule has 3 N–H and O–H groups in total. The second kappa shape index (κ2) is 5.88. The molecule has 0 aromatic carbocycles. The predicted octanol–water partition coefficient (Wildman–Crippen LogP) is 0.722. The van der Waals surface area contributed by atoms with Crippen molar-refractivity contribution in [3.05, 3.63) is 0 Å². The number of nitrogens with two attached hydrogens (primary N) is 1. The highest BCUT2D eigenvalue weighted by Gasteiger charge is 2.47. The van der Waals surface area contributed by atoms with Crippen LogP contribution in [0.4, 0.5) is 13.2 Å². The van der Waals surface area contributed by atoms with Gasteiger partial charge in [-0.3, -0.25) is 9.69 Å². The van der Waals surface area contributed by atoms with Crippen LogP contribution in [0.1, 0.15) is 19.8 Å². The van der Waals surface area contributed by atoms with Gasteiger partial charge in [0.25, 0.3) is 0 Å². The van der Waals surface area contributed by atoms with Crippen LogP contribution in [-0.2, 0) is 4.79 Å². The molecule has 0 spiro atoms. The molecule has 1 saturated heterocycles. The molecule has 1 amide bonds. The maximum atomic E-state index is 12.9. The lowest BCUT2D eigenvalue weighted by Gasteiger charge is -2.40. The molecule has 7 heteroatoms. The Hall–Kier alpha value is -0.820. The summed E-state index contributed by atoms with van der Waals surface area (Å²) in [7, 11) is 1.49. The monoisotopic (exact) mass is 267 g/mol. The van der Waals surface area contributed by atoms with E-state index in [1.165, 1.54) is 18.9 Å². The Morgan fingerprint density at radius 1 is 1.50 bits per heavy atom. The number of carbonyl (C=O) groups excluding carboxylic acids is 1. The molecule has 1 heterocycles. The summed E-state index contributed by atoms with van der Waals surface area (Å²) in [5, 5.41) is 2.48. The molecule has 1 aliphatic rings. The Morgan fingerprint density at radius 3 is 2.56 bits per heavy atom. The molecule has 3 atom stereocenters. The van der Waals surface area contributed by atoms with E-state index < -0.39 is 18.3 Å². The van der Waals surface area contributed by atoms with E-state index in [9.17, 15) is 18.0 Å². The Bertz CT molecular complexity index is 294. The molecule has 1 fully saturated rings. The average molecular weight is 267 g/mol. The molecular weight excluding hydrogens is 247 g/mol. The van der Waals surface area contributed by atoms with Gasteiger partial charge in [0.15, 0.2) is 0 Å². The minimum Gasteiger partial charge on any atom is -0.359 e. The third-order valence-electron chi connectivity index (χ3n) is 3.30. The van der Waals surface area contributed by atoms with Crippen molar-refractivity contribution in [2.24, 2.45) is 11.7 Å². The summed E-state index contributed by atoms with van der Waals surface area (Å²) < 4.78 is 38.8. The van der Waals surface area contributed by atoms with E-state index in [1.54, 1.807) is 0 Å². The van der Waals surface area contributed by atoms with Gasteiger partial charge in [0.05, 0.1) is 5.92 Å². The van der Waals surface area contributed by atoms with E-state index in [0.717, 1.165) is 0 Å². The van der Waals surface area contributed by atoms with Crippen LogP contribution in [0.5, 0.6) is 0 Å². The van der Waals surface area contributed by atoms with Crippen molar-refractivity contribution in [2.75, 3.05) is 20.1 Å². The van der Waals surface area contributed by atoms with Crippen molar-refractivity contribution in [1.29, 1.82) is 0 Å². The minimum atomic E-state index is -4.36. The van der Waals surface area contributed by atoms with Gasteiger partial charge in [-0.05, 0) is 26.3 Å². The van der Waals surface area contributed by atoms with Crippen LogP contribution in [0, 0.1) is 5.92 Å². The summed E-state index contributed by atoms with van der Waals surface area (Å²) in [5.74, 6) is -0.586. The van der Waals surface area contributed by atoms with E-state index >= 15 is 0 Å². The number of alkyl halides is 3. The van der Waals surface area contributed by atoms with Crippen molar-refractivity contribution in [2.45, 2.75) is 38.0 Å². The number of hydrogen-bond donors (Lipinski definition) is 2. The SMILES string of the molecule is CNC(=O)C1CCCN(C(C(C)N)C(F)(F)F)C1. The van der Waals surface area contributed by atoms with Gasteiger partial charge in [0.2, 0.25) is 5.91 Å². The fourth-order valence-corrected chi connectivity index (χ4v) is 2.51. The zero-order chi connectivity index (χ0) is 13.9. The third kappa shape index (κ3) is 3.58. The van der Waals surface area contributed by atoms with Gasteiger partial charge >= 0.3 is 6.18 Å². The van der Waals surface area contributed by atoms with Crippen LogP contribution >= 0.6 is 0 Å². The molecular formula is C11H20F3N3O. The van der Waals surface area contributed by atoms with Crippen LogP contribution in [-0.4, -0.2) is 49.2 Å². The van der Waals surface area contributed by atoms with E-state index in [0.29, 0.717) is 19.4 Å². The molecule has 0 aromatic heterocycles. The summed E-state index contributed by atoms with van der Waals surface area (Å²) in [6, 6.07) is -2.68. The number of nitrogens with zero attached hydrogens (tertiary/aromatic N) is 1. The van der Waals surface area contributed by atoms with Crippen LogP contribution in [0.15, 0.2) is 0 Å². The molecule has 0 bridgehead atoms. The third-order valence-corrected chi connectivity index (χ3v) is 3.30. The van der Waals surface area contributed by atoms with E-state index in [-0.39, 0.29) is 18.4 Å². The van der Waals surface area contributed by atoms with Crippen LogP contribution in [0.3, 0.4) is 0 Å². The number of likely N-dealkylation sites (tertiary alicyclic amines) is 1. The number of hydrogen-bond acceptors (Lipinski definition) is 3. The first kappa shape index (κ1) is 15.2. The van der Waals surface area contributed by atoms with Crippen LogP contribution in [0.25, 0.3) is 0 Å². The maximum absolute atomic E-state index is 12.9. The summed E-state index contributed by atoms with van der Waals surface area (Å²) >= 11 is 0. The van der Waals surface area contributed by atoms with Crippen molar-refractivity contribution in [3.63, 3.8) is 0 Å². The summed E-state index contributed by atoms with van der Waals surface area (Å²) in [6.07, 6.45) is -3.16. The lowest BCUT2D eigenvalue weighted by atomic mass is 9.94. The predicted molar refractivity (Wildman–Crippen MR) is 61.9 cm³/mol. The molecule has 18 heavy (non-hydrogen) atoms. The lowest BCUT2D eigenvalue weighted by Crippen LogP contribution is -2.58. The minimum absolute atomic E-state index is 0.116. The number of carbonyl (C=O) groups is 1. The van der Waals surface area contributed by atoms with Crippen LogP contribution < -0.4 is 11.1 Å². The summed E-state index contributed by atoms with van der Waals surface area (Å²) in [4.78, 5) is 12.8. The van der Waals surface area contributed by atoms with E-state index in [1.807, 2.05) is 0 Å². The van der Waals surface area contributed by atoms with Crippen molar-refractivity contribution in [1.82, 2.24) is 10.2 Å². The zero-order valence-electron chi connectivity index (χ0n) is 10.6. The standard InChI is InChI=1S/C11H20F3N3O/c1-7(15)9(11(12,13)14)17-5-3-4-8(6-17)10(18)16-2/h7-9H,3-6,15H2,1-2H3,(H,16,18). The van der Waals surface area contributed by atoms with Crippen molar-refractivity contribution in [3.8, 4) is 0 Å². The largest absolute Gasteiger partial charge is 0.405 e. The molecule has 0 aliphatic carbocycles. The number of halogens is 3. The molecule has 106 valence electrons. The normalized spacial score (nSPS) is 25.6. The van der Waals surface area contributed by atoms with E-state index in [2.05, 4.69) is 5.32 Å². The highest BCUT2D eigenvalue weighted by Crippen LogP contribution is 2.30. The van der Waals surface area contributed by atoms with Gasteiger partial charge in [0.1, 0.15) is 6.04 Å². The number of rotatable bonds is 3. The summed E-state index contributed by atoms with van der Waals surface area (Å²) in [5.41, 5.74) is 5.45. The fourth-order valence-electron chi connectivity index (χ4n) is 2.51. The first-order valence-electron chi connectivity index (χ1n) is 6.05. The topological polar surface area (TPSA) is 58.4 Å². The van der Waals surface area contributed by atoms with Gasteiger partial charge < -0.3 is 11.1 Å². The average Bonchev–Trinajstić information content (AvgIpc) is 2.26. The second-order valence-corrected chi connectivity index (χ2v) is 4.79. The molecule has 1 rings (SSSR count). The molecule has 1 aliphatic heterocycles. The molecule has 3 unspecified atom stereocenters. The zero-order valence-corrected chi connectivity index (χ0v) is 10.6. The lowest BCUT2D eigenvalue weighted by molar-refractivity contribution is -0.192. The molecule has 0 saturated carbocycles. The van der Waals surface area contributed by atoms with Gasteiger partial charge in [-0.25, -0.2) is 0 Å². The highest BCUT2D eigenvalue weighted by atomic mass is 19.4. The number of amides is 1. The molecule has 0 radical (unpaired) electrons. The Balaban J connectivity index is 2.77. The van der Waals surface area contributed by atoms with E-state index in [4.69, 9.17) is 5.73 Å². The quantitative estimate of drug-likeness (QED) is 0.792. The van der Waals surface area contributed by atoms with Gasteiger partial charge in [-0.2, -0.15) is 13.2 Å². The Labute approximate surface area is 105 Å². The van der Waals surface area contributed by atoms with Gasteiger partial charge in [0, 0.05) is 19.6 Å². The van der Waals surface area contributed by atoms with Gasteiger partial charge in [-0.15, -0.1) is 0 Å². The van der Waals surface area contributed by atoms with Crippen molar-refractivity contribution >= 4 is 5.91 Å². The molecule has 4 nitrogen and oxygen atoms in total. The highest BCUT2D eigenvalue weighted by molar-refractivity contribution is 5.78. The summed E-state index contributed by atoms with van der Waals surface area (Å²) in [6.45, 7) is 1.80. The molecule has 0 aromatic rings. The smallest absolute Gasteiger partial charge is 0.359 e. The second-order valence-electron chi connectivity index (χ2n) is 4.79. The Kier molecular flexibility index (Phi) is 4.98. The maximum Gasteiger partial charge on any atom is 0.405 e. The Morgan fingerprint density at radius 2 is 2.11 bits per heavy atom. The fraction of sp³-hybridized carbons (Fsp3) is 0.909. The first-order valence-corrected chi connectivity index (χ1v) is 6.05. The number of nitrogens with one attached hydrogen (secondary N) is 1.